The second-order valence-corrected chi connectivity index (χ2v) is 3.29. The van der Waals surface area contributed by atoms with Gasteiger partial charge in [0.25, 0.3) is 0 Å². The van der Waals surface area contributed by atoms with Crippen molar-refractivity contribution in [2.45, 2.75) is 39.2 Å². The molecule has 2 N–H and O–H groups in total. The number of aliphatic hydroxyl groups is 1. The Morgan fingerprint density at radius 1 is 1.55 bits per heavy atom. The zero-order valence-corrected chi connectivity index (χ0v) is 7.29. The first-order chi connectivity index (χ1) is 4.92. The Morgan fingerprint density at radius 2 is 2.00 bits per heavy atom. The number of hydrogen-bond acceptors (Lipinski definition) is 2. The Balaban J connectivity index is 4.22. The molecule has 0 radical (unpaired) electrons. The molecule has 0 saturated carbocycles. The maximum atomic E-state index is 10.5. The summed E-state index contributed by atoms with van der Waals surface area (Å²) in [6, 6.07) is 0. The highest BCUT2D eigenvalue weighted by Gasteiger charge is 2.34. The molecule has 3 nitrogen and oxygen atoms in total. The highest BCUT2D eigenvalue weighted by Crippen LogP contribution is 2.20. The molecule has 0 bridgehead atoms. The topological polar surface area (TPSA) is 57.5 Å². The molecular formula is C8H16O3. The van der Waals surface area contributed by atoms with E-state index in [-0.39, 0.29) is 12.3 Å². The van der Waals surface area contributed by atoms with Gasteiger partial charge in [-0.05, 0) is 18.8 Å². The highest BCUT2D eigenvalue weighted by molar-refractivity contribution is 5.76. The van der Waals surface area contributed by atoms with Crippen LogP contribution in [-0.4, -0.2) is 21.8 Å². The molecule has 0 heterocycles. The fourth-order valence-corrected chi connectivity index (χ4v) is 1.06. The van der Waals surface area contributed by atoms with Gasteiger partial charge < -0.3 is 10.2 Å². The van der Waals surface area contributed by atoms with Gasteiger partial charge in [0.2, 0.25) is 0 Å². The summed E-state index contributed by atoms with van der Waals surface area (Å²) in [5.74, 6) is -0.912. The van der Waals surface area contributed by atoms with Crippen molar-refractivity contribution in [3.05, 3.63) is 0 Å². The molecule has 3 heteroatoms. The summed E-state index contributed by atoms with van der Waals surface area (Å²) in [6.07, 6.45) is 0.583. The Kier molecular flexibility index (Phi) is 3.52. The van der Waals surface area contributed by atoms with E-state index >= 15 is 0 Å². The largest absolute Gasteiger partial charge is 0.479 e. The third-order valence-corrected chi connectivity index (χ3v) is 1.73. The molecule has 0 aromatic heterocycles. The van der Waals surface area contributed by atoms with E-state index in [9.17, 15) is 9.90 Å². The van der Waals surface area contributed by atoms with Crippen molar-refractivity contribution >= 4 is 5.97 Å². The van der Waals surface area contributed by atoms with Crippen molar-refractivity contribution in [2.24, 2.45) is 5.92 Å². The van der Waals surface area contributed by atoms with Gasteiger partial charge in [-0.15, -0.1) is 0 Å². The molecule has 0 aliphatic carbocycles. The Hall–Kier alpha value is -0.570. The molecular weight excluding hydrogens is 144 g/mol. The van der Waals surface area contributed by atoms with Crippen LogP contribution in [0, 0.1) is 5.92 Å². The third-order valence-electron chi connectivity index (χ3n) is 1.73. The summed E-state index contributed by atoms with van der Waals surface area (Å²) in [6.45, 7) is 5.46. The SMILES string of the molecule is CCC(O)(CC(C)C)C(=O)O. The van der Waals surface area contributed by atoms with Gasteiger partial charge in [-0.25, -0.2) is 4.79 Å². The van der Waals surface area contributed by atoms with Crippen molar-refractivity contribution in [3.8, 4) is 0 Å². The normalized spacial score (nSPS) is 16.5. The highest BCUT2D eigenvalue weighted by atomic mass is 16.4. The Bertz CT molecular complexity index is 142. The molecule has 0 aromatic carbocycles. The first kappa shape index (κ1) is 10.4. The van der Waals surface area contributed by atoms with Crippen LogP contribution >= 0.6 is 0 Å². The van der Waals surface area contributed by atoms with Crippen LogP contribution in [0.3, 0.4) is 0 Å². The van der Waals surface area contributed by atoms with Gasteiger partial charge in [0.1, 0.15) is 0 Å². The lowest BCUT2D eigenvalue weighted by Crippen LogP contribution is -2.38. The van der Waals surface area contributed by atoms with E-state index in [0.717, 1.165) is 0 Å². The van der Waals surface area contributed by atoms with Crippen molar-refractivity contribution in [1.82, 2.24) is 0 Å². The van der Waals surface area contributed by atoms with Gasteiger partial charge in [-0.3, -0.25) is 0 Å². The number of hydrogen-bond donors (Lipinski definition) is 2. The number of aliphatic carboxylic acids is 1. The van der Waals surface area contributed by atoms with Gasteiger partial charge >= 0.3 is 5.97 Å². The molecule has 0 fully saturated rings. The maximum Gasteiger partial charge on any atom is 0.335 e. The van der Waals surface area contributed by atoms with E-state index in [0.29, 0.717) is 6.42 Å². The van der Waals surface area contributed by atoms with Gasteiger partial charge in [0, 0.05) is 0 Å². The molecule has 0 amide bonds. The zero-order chi connectivity index (χ0) is 9.07. The van der Waals surface area contributed by atoms with Crippen molar-refractivity contribution in [1.29, 1.82) is 0 Å². The van der Waals surface area contributed by atoms with E-state index in [2.05, 4.69) is 0 Å². The molecule has 1 atom stereocenters. The minimum atomic E-state index is -1.52. The lowest BCUT2D eigenvalue weighted by molar-refractivity contribution is -0.160. The van der Waals surface area contributed by atoms with Crippen LogP contribution in [0.1, 0.15) is 33.6 Å². The van der Waals surface area contributed by atoms with Crippen LogP contribution in [0.2, 0.25) is 0 Å². The van der Waals surface area contributed by atoms with Gasteiger partial charge in [0.15, 0.2) is 5.60 Å². The average Bonchev–Trinajstić information content (AvgIpc) is 1.86. The summed E-state index contributed by atoms with van der Waals surface area (Å²) in [7, 11) is 0. The van der Waals surface area contributed by atoms with Crippen LogP contribution in [0.15, 0.2) is 0 Å². The molecule has 0 saturated heterocycles. The van der Waals surface area contributed by atoms with E-state index < -0.39 is 11.6 Å². The van der Waals surface area contributed by atoms with Crippen LogP contribution < -0.4 is 0 Å². The summed E-state index contributed by atoms with van der Waals surface area (Å²) < 4.78 is 0. The third kappa shape index (κ3) is 2.89. The zero-order valence-electron chi connectivity index (χ0n) is 7.29. The monoisotopic (exact) mass is 160 g/mol. The molecule has 0 spiro atoms. The van der Waals surface area contributed by atoms with Gasteiger partial charge in [0.05, 0.1) is 0 Å². The standard InChI is InChI=1S/C8H16O3/c1-4-8(11,7(9)10)5-6(2)3/h6,11H,4-5H2,1-3H3,(H,9,10). The predicted octanol–water partition coefficient (Wildman–Crippen LogP) is 1.26. The van der Waals surface area contributed by atoms with Crippen LogP contribution in [0.4, 0.5) is 0 Å². The summed E-state index contributed by atoms with van der Waals surface area (Å²) in [5.41, 5.74) is -1.52. The van der Waals surface area contributed by atoms with E-state index in [1.165, 1.54) is 0 Å². The second kappa shape index (κ2) is 3.72. The number of carbonyl (C=O) groups is 1. The average molecular weight is 160 g/mol. The fraction of sp³-hybridized carbons (Fsp3) is 0.875. The van der Waals surface area contributed by atoms with E-state index in [4.69, 9.17) is 5.11 Å². The minimum Gasteiger partial charge on any atom is -0.479 e. The predicted molar refractivity (Wildman–Crippen MR) is 42.3 cm³/mol. The lowest BCUT2D eigenvalue weighted by Gasteiger charge is -2.23. The molecule has 0 aliphatic heterocycles. The first-order valence-electron chi connectivity index (χ1n) is 3.88. The molecule has 11 heavy (non-hydrogen) atoms. The summed E-state index contributed by atoms with van der Waals surface area (Å²) in [4.78, 5) is 10.5. The fourth-order valence-electron chi connectivity index (χ4n) is 1.06. The van der Waals surface area contributed by atoms with Crippen LogP contribution in [-0.2, 0) is 4.79 Å². The molecule has 66 valence electrons. The Labute approximate surface area is 67.0 Å². The maximum absolute atomic E-state index is 10.5. The summed E-state index contributed by atoms with van der Waals surface area (Å²) >= 11 is 0. The van der Waals surface area contributed by atoms with Crippen LogP contribution in [0.25, 0.3) is 0 Å². The molecule has 1 unspecified atom stereocenters. The number of carboxylic acid groups (broad SMARTS) is 1. The second-order valence-electron chi connectivity index (χ2n) is 3.29. The quantitative estimate of drug-likeness (QED) is 0.651. The van der Waals surface area contributed by atoms with Gasteiger partial charge in [-0.1, -0.05) is 20.8 Å². The summed E-state index contributed by atoms with van der Waals surface area (Å²) in [5, 5.41) is 18.1. The van der Waals surface area contributed by atoms with Crippen molar-refractivity contribution in [2.75, 3.05) is 0 Å². The first-order valence-corrected chi connectivity index (χ1v) is 3.88. The van der Waals surface area contributed by atoms with E-state index in [1.807, 2.05) is 13.8 Å². The molecule has 0 rings (SSSR count). The van der Waals surface area contributed by atoms with E-state index in [1.54, 1.807) is 6.92 Å². The smallest absolute Gasteiger partial charge is 0.335 e. The number of rotatable bonds is 4. The Morgan fingerprint density at radius 3 is 2.09 bits per heavy atom. The minimum absolute atomic E-state index is 0.205. The molecule has 0 aliphatic rings. The van der Waals surface area contributed by atoms with Crippen molar-refractivity contribution < 1.29 is 15.0 Å². The number of carboxylic acids is 1. The molecule has 0 aromatic rings. The van der Waals surface area contributed by atoms with Crippen LogP contribution in [0.5, 0.6) is 0 Å². The lowest BCUT2D eigenvalue weighted by atomic mass is 9.90. The van der Waals surface area contributed by atoms with Crippen molar-refractivity contribution in [3.63, 3.8) is 0 Å². The van der Waals surface area contributed by atoms with Gasteiger partial charge in [-0.2, -0.15) is 0 Å².